The normalized spacial score (nSPS) is 7.55. The van der Waals surface area contributed by atoms with Crippen LogP contribution < -0.4 is 34.7 Å². The first-order valence-electron chi connectivity index (χ1n) is 1.57. The van der Waals surface area contributed by atoms with Crippen molar-refractivity contribution in [2.24, 2.45) is 0 Å². The molecule has 0 saturated heterocycles. The first-order chi connectivity index (χ1) is 3.73. The van der Waals surface area contributed by atoms with E-state index in [-0.39, 0.29) is 46.6 Å². The molecule has 6 nitrogen and oxygen atoms in total. The van der Waals surface area contributed by atoms with Crippen LogP contribution in [0.25, 0.3) is 0 Å². The first-order valence-corrected chi connectivity index (χ1v) is 2.91. The Kier molecular flexibility index (Phi) is 22.4. The zero-order valence-corrected chi connectivity index (χ0v) is 9.42. The van der Waals surface area contributed by atoms with Crippen molar-refractivity contribution < 1.29 is 74.1 Å². The van der Waals surface area contributed by atoms with Crippen LogP contribution in [0, 0.1) is 0 Å². The van der Waals surface area contributed by atoms with Gasteiger partial charge in [0, 0.05) is 16.4 Å². The molecule has 0 aliphatic heterocycles. The molecule has 0 amide bonds. The molecule has 1 radical (unpaired) electrons. The van der Waals surface area contributed by atoms with Crippen LogP contribution in [0.4, 0.5) is 0 Å². The fourth-order valence-corrected chi connectivity index (χ4v) is 0. The van der Waals surface area contributed by atoms with E-state index in [0.717, 1.165) is 6.92 Å². The van der Waals surface area contributed by atoms with Gasteiger partial charge in [0.05, 0.1) is 0 Å². The van der Waals surface area contributed by atoms with Gasteiger partial charge in [0.2, 0.25) is 0 Å². The molecule has 0 saturated carbocycles. The van der Waals surface area contributed by atoms with Gasteiger partial charge in [-0.2, -0.15) is 0 Å². The van der Waals surface area contributed by atoms with Gasteiger partial charge in [-0.3, -0.25) is 8.42 Å². The van der Waals surface area contributed by atoms with Crippen LogP contribution in [0.5, 0.6) is 0 Å². The van der Waals surface area contributed by atoms with Crippen molar-refractivity contribution in [3.63, 3.8) is 0 Å². The standard InChI is InChI=1S/C2H4O2.Cu.Na.H2O4S/c1-2(3)4;;;1-5(2,3)4/h1H3,(H,3,4);;;(H2,1,2,3,4)/q;+2;+1;/p-3. The predicted molar refractivity (Wildman–Crippen MR) is 21.2 cm³/mol. The van der Waals surface area contributed by atoms with Crippen molar-refractivity contribution in [3.8, 4) is 0 Å². The van der Waals surface area contributed by atoms with Gasteiger partial charge in [0.15, 0.2) is 0 Å². The second-order valence-electron chi connectivity index (χ2n) is 0.900. The molecule has 0 aromatic rings. The molecule has 0 aliphatic carbocycles. The van der Waals surface area contributed by atoms with E-state index in [0.29, 0.717) is 0 Å². The number of aliphatic carboxylic acids is 1. The van der Waals surface area contributed by atoms with Crippen LogP contribution in [0.15, 0.2) is 0 Å². The molecule has 0 aliphatic rings. The van der Waals surface area contributed by atoms with Crippen LogP contribution in [0.1, 0.15) is 6.92 Å². The molecule has 65 valence electrons. The Bertz CT molecular complexity index is 163. The quantitative estimate of drug-likeness (QED) is 0.237. The molecular weight excluding hydrogens is 239 g/mol. The van der Waals surface area contributed by atoms with E-state index in [1.807, 2.05) is 0 Å². The van der Waals surface area contributed by atoms with E-state index in [9.17, 15) is 0 Å². The number of carboxylic acid groups (broad SMARTS) is 1. The SMILES string of the molecule is CC(=O)[O-].O=S(=O)([O-])[O-].[Cu+2].[Na+]. The minimum absolute atomic E-state index is 0. The molecule has 0 atom stereocenters. The van der Waals surface area contributed by atoms with Gasteiger partial charge >= 0.3 is 46.6 Å². The molecule has 0 heterocycles. The third-order valence-electron chi connectivity index (χ3n) is 0. The van der Waals surface area contributed by atoms with Gasteiger partial charge in [-0.25, -0.2) is 0 Å². The fourth-order valence-electron chi connectivity index (χ4n) is 0. The molecule has 0 unspecified atom stereocenters. The largest absolute Gasteiger partial charge is 2.00 e. The molecule has 9 heteroatoms. The minimum atomic E-state index is -5.17. The van der Waals surface area contributed by atoms with E-state index in [2.05, 4.69) is 0 Å². The fraction of sp³-hybridized carbons (Fsp3) is 0.500. The van der Waals surface area contributed by atoms with E-state index in [1.165, 1.54) is 0 Å². The second kappa shape index (κ2) is 10.9. The molecule has 0 N–H and O–H groups in total. The van der Waals surface area contributed by atoms with Crippen molar-refractivity contribution in [1.82, 2.24) is 0 Å². The Hall–Kier alpha value is 0.859. The van der Waals surface area contributed by atoms with Crippen LogP contribution in [-0.2, 0) is 32.3 Å². The summed E-state index contributed by atoms with van der Waals surface area (Å²) in [5.74, 6) is -1.08. The summed E-state index contributed by atoms with van der Waals surface area (Å²) in [7, 11) is -5.17. The molecule has 11 heavy (non-hydrogen) atoms. The molecular formula is C2H3CuNaO6S. The molecule has 0 fully saturated rings. The number of carboxylic acids is 1. The van der Waals surface area contributed by atoms with E-state index in [4.69, 9.17) is 27.4 Å². The van der Waals surface area contributed by atoms with Gasteiger partial charge in [0.1, 0.15) is 0 Å². The summed E-state index contributed by atoms with van der Waals surface area (Å²) >= 11 is 0. The maximum absolute atomic E-state index is 8.89. The van der Waals surface area contributed by atoms with Gasteiger partial charge in [-0.1, -0.05) is 0 Å². The summed E-state index contributed by atoms with van der Waals surface area (Å²) < 4.78 is 34.1. The maximum atomic E-state index is 8.89. The predicted octanol–water partition coefficient (Wildman–Crippen LogP) is -5.58. The van der Waals surface area contributed by atoms with Gasteiger partial charge in [0.25, 0.3) is 0 Å². The zero-order valence-electron chi connectivity index (χ0n) is 5.66. The minimum Gasteiger partial charge on any atom is -0.759 e. The zero-order chi connectivity index (χ0) is 8.08. The second-order valence-corrected chi connectivity index (χ2v) is 1.72. The van der Waals surface area contributed by atoms with Crippen molar-refractivity contribution >= 4 is 16.4 Å². The van der Waals surface area contributed by atoms with E-state index >= 15 is 0 Å². The van der Waals surface area contributed by atoms with E-state index < -0.39 is 16.4 Å². The topological polar surface area (TPSA) is 120 Å². The average Bonchev–Trinajstić information content (AvgIpc) is 1.19. The summed E-state index contributed by atoms with van der Waals surface area (Å²) in [6.07, 6.45) is 0. The Morgan fingerprint density at radius 3 is 1.27 bits per heavy atom. The summed E-state index contributed by atoms with van der Waals surface area (Å²) in [6, 6.07) is 0. The van der Waals surface area contributed by atoms with Crippen LogP contribution in [0.2, 0.25) is 0 Å². The Balaban J connectivity index is -0.0000000383. The van der Waals surface area contributed by atoms with Crippen LogP contribution >= 0.6 is 0 Å². The number of carbonyl (C=O) groups is 1. The summed E-state index contributed by atoms with van der Waals surface area (Å²) in [4.78, 5) is 8.89. The Labute approximate surface area is 96.7 Å². The molecule has 0 rings (SSSR count). The van der Waals surface area contributed by atoms with Gasteiger partial charge in [-0.05, 0) is 6.92 Å². The van der Waals surface area contributed by atoms with Crippen LogP contribution in [0.3, 0.4) is 0 Å². The van der Waals surface area contributed by atoms with E-state index in [1.54, 1.807) is 0 Å². The van der Waals surface area contributed by atoms with Crippen molar-refractivity contribution in [3.05, 3.63) is 0 Å². The molecule has 0 aromatic carbocycles. The average molecular weight is 242 g/mol. The molecule has 0 bridgehead atoms. The van der Waals surface area contributed by atoms with Gasteiger partial charge < -0.3 is 19.0 Å². The third-order valence-corrected chi connectivity index (χ3v) is 0. The summed E-state index contributed by atoms with van der Waals surface area (Å²) in [5, 5.41) is 8.89. The molecule has 0 spiro atoms. The Morgan fingerprint density at radius 2 is 1.27 bits per heavy atom. The molecule has 0 aromatic heterocycles. The third kappa shape index (κ3) is 1150. The van der Waals surface area contributed by atoms with Gasteiger partial charge in [-0.15, -0.1) is 0 Å². The maximum Gasteiger partial charge on any atom is 2.00 e. The Morgan fingerprint density at radius 1 is 1.27 bits per heavy atom. The van der Waals surface area contributed by atoms with Crippen molar-refractivity contribution in [2.75, 3.05) is 0 Å². The summed E-state index contributed by atoms with van der Waals surface area (Å²) in [5.41, 5.74) is 0. The number of carbonyl (C=O) groups excluding carboxylic acids is 1. The smallest absolute Gasteiger partial charge is 0.759 e. The number of rotatable bonds is 0. The van der Waals surface area contributed by atoms with Crippen molar-refractivity contribution in [2.45, 2.75) is 6.92 Å². The summed E-state index contributed by atoms with van der Waals surface area (Å²) in [6.45, 7) is 0.972. The first kappa shape index (κ1) is 22.6. The number of hydrogen-bond acceptors (Lipinski definition) is 6. The number of hydrogen-bond donors (Lipinski definition) is 0. The van der Waals surface area contributed by atoms with Crippen LogP contribution in [-0.4, -0.2) is 23.5 Å². The van der Waals surface area contributed by atoms with Crippen molar-refractivity contribution in [1.29, 1.82) is 0 Å². The monoisotopic (exact) mass is 241 g/mol.